The van der Waals surface area contributed by atoms with E-state index in [1.807, 2.05) is 0 Å². The summed E-state index contributed by atoms with van der Waals surface area (Å²) in [5.74, 6) is 1.96. The van der Waals surface area contributed by atoms with Crippen molar-refractivity contribution in [2.24, 2.45) is 11.8 Å². The van der Waals surface area contributed by atoms with Gasteiger partial charge in [0, 0.05) is 6.04 Å². The summed E-state index contributed by atoms with van der Waals surface area (Å²) >= 11 is 0. The third-order valence-corrected chi connectivity index (χ3v) is 3.66. The van der Waals surface area contributed by atoms with E-state index in [0.717, 1.165) is 17.9 Å². The fourth-order valence-corrected chi connectivity index (χ4v) is 2.06. The molecule has 1 atom stereocenters. The molecule has 0 spiro atoms. The molecule has 84 valence electrons. The van der Waals surface area contributed by atoms with E-state index in [4.69, 9.17) is 0 Å². The minimum Gasteiger partial charge on any atom is -0.314 e. The van der Waals surface area contributed by atoms with E-state index in [0.29, 0.717) is 0 Å². The van der Waals surface area contributed by atoms with Crippen molar-refractivity contribution in [2.45, 2.75) is 65.3 Å². The monoisotopic (exact) mass is 197 g/mol. The highest BCUT2D eigenvalue weighted by Gasteiger charge is 2.24. The summed E-state index contributed by atoms with van der Waals surface area (Å²) in [4.78, 5) is 0. The molecule has 1 aliphatic rings. The quantitative estimate of drug-likeness (QED) is 0.627. The van der Waals surface area contributed by atoms with Gasteiger partial charge in [-0.15, -0.1) is 0 Å². The van der Waals surface area contributed by atoms with Crippen molar-refractivity contribution in [3.63, 3.8) is 0 Å². The molecule has 0 aromatic heterocycles. The van der Waals surface area contributed by atoms with Crippen LogP contribution in [0.1, 0.15) is 59.3 Å². The summed E-state index contributed by atoms with van der Waals surface area (Å²) in [5.41, 5.74) is 0. The standard InChI is InChI=1S/C13H27N/c1-4-11(5-2)10-14-13(6-3)9-12-7-8-12/h11-14H,4-10H2,1-3H3. The molecule has 0 amide bonds. The molecule has 0 aromatic carbocycles. The number of rotatable bonds is 8. The third kappa shape index (κ3) is 4.45. The van der Waals surface area contributed by atoms with Gasteiger partial charge in [-0.2, -0.15) is 0 Å². The Morgan fingerprint density at radius 3 is 2.14 bits per heavy atom. The van der Waals surface area contributed by atoms with Gasteiger partial charge >= 0.3 is 0 Å². The summed E-state index contributed by atoms with van der Waals surface area (Å²) in [6.07, 6.45) is 8.35. The zero-order chi connectivity index (χ0) is 10.4. The topological polar surface area (TPSA) is 12.0 Å². The molecule has 0 radical (unpaired) electrons. The average molecular weight is 197 g/mol. The Morgan fingerprint density at radius 2 is 1.71 bits per heavy atom. The zero-order valence-electron chi connectivity index (χ0n) is 10.2. The van der Waals surface area contributed by atoms with Crippen LogP contribution in [0.4, 0.5) is 0 Å². The van der Waals surface area contributed by atoms with E-state index in [2.05, 4.69) is 26.1 Å². The van der Waals surface area contributed by atoms with Gasteiger partial charge in [-0.1, -0.05) is 46.5 Å². The van der Waals surface area contributed by atoms with Crippen LogP contribution in [0.2, 0.25) is 0 Å². The first-order valence-corrected chi connectivity index (χ1v) is 6.53. The second-order valence-electron chi connectivity index (χ2n) is 4.88. The fraction of sp³-hybridized carbons (Fsp3) is 1.00. The first-order valence-electron chi connectivity index (χ1n) is 6.53. The smallest absolute Gasteiger partial charge is 0.00671 e. The lowest BCUT2D eigenvalue weighted by atomic mass is 10.0. The van der Waals surface area contributed by atoms with Gasteiger partial charge in [0.15, 0.2) is 0 Å². The molecule has 0 heterocycles. The van der Waals surface area contributed by atoms with Gasteiger partial charge in [0.2, 0.25) is 0 Å². The van der Waals surface area contributed by atoms with Crippen LogP contribution in [-0.4, -0.2) is 12.6 Å². The lowest BCUT2D eigenvalue weighted by Gasteiger charge is -2.20. The van der Waals surface area contributed by atoms with Crippen LogP contribution in [0.3, 0.4) is 0 Å². The molecule has 0 saturated heterocycles. The third-order valence-electron chi connectivity index (χ3n) is 3.66. The molecular weight excluding hydrogens is 170 g/mol. The predicted molar refractivity (Wildman–Crippen MR) is 63.5 cm³/mol. The van der Waals surface area contributed by atoms with E-state index in [-0.39, 0.29) is 0 Å². The summed E-state index contributed by atoms with van der Waals surface area (Å²) in [6.45, 7) is 8.15. The molecule has 1 heteroatoms. The van der Waals surface area contributed by atoms with E-state index >= 15 is 0 Å². The van der Waals surface area contributed by atoms with Crippen molar-refractivity contribution >= 4 is 0 Å². The van der Waals surface area contributed by atoms with Crippen molar-refractivity contribution in [2.75, 3.05) is 6.54 Å². The van der Waals surface area contributed by atoms with Crippen LogP contribution in [0.25, 0.3) is 0 Å². The normalized spacial score (nSPS) is 18.9. The lowest BCUT2D eigenvalue weighted by Crippen LogP contribution is -2.33. The van der Waals surface area contributed by atoms with Crippen molar-refractivity contribution < 1.29 is 0 Å². The van der Waals surface area contributed by atoms with Gasteiger partial charge in [0.25, 0.3) is 0 Å². The molecule has 1 saturated carbocycles. The van der Waals surface area contributed by atoms with Crippen LogP contribution in [0.5, 0.6) is 0 Å². The SMILES string of the molecule is CCC(CC)CNC(CC)CC1CC1. The summed E-state index contributed by atoms with van der Waals surface area (Å²) in [6, 6.07) is 0.795. The van der Waals surface area contributed by atoms with Gasteiger partial charge in [-0.25, -0.2) is 0 Å². The zero-order valence-corrected chi connectivity index (χ0v) is 10.2. The maximum absolute atomic E-state index is 3.74. The minimum atomic E-state index is 0.795. The maximum Gasteiger partial charge on any atom is 0.00671 e. The molecule has 0 aromatic rings. The van der Waals surface area contributed by atoms with Crippen molar-refractivity contribution in [1.29, 1.82) is 0 Å². The minimum absolute atomic E-state index is 0.795. The van der Waals surface area contributed by atoms with Gasteiger partial charge in [-0.3, -0.25) is 0 Å². The Kier molecular flexibility index (Phi) is 5.54. The highest BCUT2D eigenvalue weighted by atomic mass is 14.9. The maximum atomic E-state index is 3.74. The average Bonchev–Trinajstić information content (AvgIpc) is 3.01. The van der Waals surface area contributed by atoms with E-state index in [1.165, 1.54) is 45.1 Å². The van der Waals surface area contributed by atoms with Gasteiger partial charge < -0.3 is 5.32 Å². The van der Waals surface area contributed by atoms with Crippen LogP contribution >= 0.6 is 0 Å². The fourth-order valence-electron chi connectivity index (χ4n) is 2.06. The van der Waals surface area contributed by atoms with Crippen molar-refractivity contribution in [3.8, 4) is 0 Å². The van der Waals surface area contributed by atoms with Gasteiger partial charge in [0.1, 0.15) is 0 Å². The van der Waals surface area contributed by atoms with Crippen LogP contribution in [0, 0.1) is 11.8 Å². The Bertz CT molecular complexity index is 136. The summed E-state index contributed by atoms with van der Waals surface area (Å²) in [5, 5.41) is 3.74. The van der Waals surface area contributed by atoms with E-state index in [9.17, 15) is 0 Å². The Morgan fingerprint density at radius 1 is 1.07 bits per heavy atom. The first kappa shape index (κ1) is 12.0. The second-order valence-corrected chi connectivity index (χ2v) is 4.88. The van der Waals surface area contributed by atoms with Crippen LogP contribution in [-0.2, 0) is 0 Å². The first-order chi connectivity index (χ1) is 6.80. The molecule has 14 heavy (non-hydrogen) atoms. The molecule has 0 bridgehead atoms. The summed E-state index contributed by atoms with van der Waals surface area (Å²) in [7, 11) is 0. The number of hydrogen-bond acceptors (Lipinski definition) is 1. The largest absolute Gasteiger partial charge is 0.314 e. The Balaban J connectivity index is 2.11. The second kappa shape index (κ2) is 6.44. The molecule has 1 rings (SSSR count). The highest BCUT2D eigenvalue weighted by Crippen LogP contribution is 2.34. The van der Waals surface area contributed by atoms with E-state index < -0.39 is 0 Å². The van der Waals surface area contributed by atoms with Crippen LogP contribution in [0.15, 0.2) is 0 Å². The molecule has 1 nitrogen and oxygen atoms in total. The molecule has 1 unspecified atom stereocenters. The number of hydrogen-bond donors (Lipinski definition) is 1. The van der Waals surface area contributed by atoms with E-state index in [1.54, 1.807) is 0 Å². The molecule has 1 N–H and O–H groups in total. The lowest BCUT2D eigenvalue weighted by molar-refractivity contribution is 0.379. The molecular formula is C13H27N. The number of nitrogens with one attached hydrogen (secondary N) is 1. The molecule has 1 aliphatic carbocycles. The Hall–Kier alpha value is -0.0400. The van der Waals surface area contributed by atoms with Gasteiger partial charge in [-0.05, 0) is 31.2 Å². The molecule has 1 fully saturated rings. The van der Waals surface area contributed by atoms with Crippen molar-refractivity contribution in [3.05, 3.63) is 0 Å². The highest BCUT2D eigenvalue weighted by molar-refractivity contribution is 4.80. The van der Waals surface area contributed by atoms with Crippen molar-refractivity contribution in [1.82, 2.24) is 5.32 Å². The summed E-state index contributed by atoms with van der Waals surface area (Å²) < 4.78 is 0. The predicted octanol–water partition coefficient (Wildman–Crippen LogP) is 3.59. The van der Waals surface area contributed by atoms with Crippen LogP contribution < -0.4 is 5.32 Å². The van der Waals surface area contributed by atoms with Gasteiger partial charge in [0.05, 0.1) is 0 Å². The Labute approximate surface area is 89.7 Å². The molecule has 0 aliphatic heterocycles.